The Morgan fingerprint density at radius 2 is 1.69 bits per heavy atom. The summed E-state index contributed by atoms with van der Waals surface area (Å²) in [5, 5.41) is 2.52. The number of barbiturate groups is 1. The van der Waals surface area contributed by atoms with Crippen molar-refractivity contribution in [3.63, 3.8) is 0 Å². The summed E-state index contributed by atoms with van der Waals surface area (Å²) in [6.07, 6.45) is 1.28. The monoisotopic (exact) mass is 682 g/mol. The molecule has 1 N–H and O–H groups in total. The molecule has 0 aromatic heterocycles. The molecule has 0 saturated carbocycles. The highest BCUT2D eigenvalue weighted by Gasteiger charge is 2.37. The van der Waals surface area contributed by atoms with E-state index in [-0.39, 0.29) is 34.3 Å². The number of nitrogens with zero attached hydrogens (tertiary/aromatic N) is 1. The number of hydrogen-bond donors (Lipinski definition) is 1. The van der Waals surface area contributed by atoms with Crippen molar-refractivity contribution >= 4 is 73.9 Å². The third-order valence-corrected chi connectivity index (χ3v) is 7.66. The maximum atomic E-state index is 13.2. The first kappa shape index (κ1) is 28.4. The smallest absolute Gasteiger partial charge is 0.339 e. The molecule has 10 nitrogen and oxygen atoms in total. The third-order valence-electron chi connectivity index (χ3n) is 5.37. The molecule has 1 aliphatic heterocycles. The Balaban J connectivity index is 1.70. The van der Waals surface area contributed by atoms with E-state index in [2.05, 4.69) is 5.32 Å². The lowest BCUT2D eigenvalue weighted by molar-refractivity contribution is -0.122. The average Bonchev–Trinajstić information content (AvgIpc) is 2.89. The normalized spacial score (nSPS) is 14.8. The summed E-state index contributed by atoms with van der Waals surface area (Å²) in [7, 11) is -2.75. The molecule has 13 heteroatoms. The first-order chi connectivity index (χ1) is 18.5. The maximum Gasteiger partial charge on any atom is 0.339 e. The molecule has 4 amide bonds. The van der Waals surface area contributed by atoms with Crippen molar-refractivity contribution in [1.82, 2.24) is 5.32 Å². The van der Waals surface area contributed by atoms with Crippen molar-refractivity contribution in [3.05, 3.63) is 80.4 Å². The van der Waals surface area contributed by atoms with E-state index in [9.17, 15) is 22.8 Å². The molecule has 202 valence electrons. The zero-order valence-electron chi connectivity index (χ0n) is 20.4. The van der Waals surface area contributed by atoms with E-state index < -0.39 is 28.0 Å². The molecule has 0 aliphatic carbocycles. The number of carbonyl (C=O) groups is 3. The van der Waals surface area contributed by atoms with Crippen LogP contribution >= 0.6 is 34.2 Å². The molecule has 39 heavy (non-hydrogen) atoms. The maximum absolute atomic E-state index is 13.2. The molecule has 1 aliphatic rings. The first-order valence-corrected chi connectivity index (χ1v) is 14.1. The van der Waals surface area contributed by atoms with E-state index in [4.69, 9.17) is 25.3 Å². The summed E-state index contributed by atoms with van der Waals surface area (Å²) in [5.74, 6) is -1.20. The van der Waals surface area contributed by atoms with Crippen molar-refractivity contribution in [2.75, 3.05) is 18.6 Å². The number of nitrogens with one attached hydrogen (secondary N) is 1. The van der Waals surface area contributed by atoms with E-state index in [0.717, 1.165) is 4.90 Å². The van der Waals surface area contributed by atoms with Crippen molar-refractivity contribution in [2.45, 2.75) is 11.8 Å². The lowest BCUT2D eigenvalue weighted by atomic mass is 10.1. The average molecular weight is 683 g/mol. The van der Waals surface area contributed by atoms with Crippen LogP contribution in [-0.4, -0.2) is 40.0 Å². The summed E-state index contributed by atoms with van der Waals surface area (Å²) in [5.41, 5.74) is 0.255. The fraction of sp³-hybridized carbons (Fsp3) is 0.115. The second kappa shape index (κ2) is 11.6. The van der Waals surface area contributed by atoms with Crippen molar-refractivity contribution in [1.29, 1.82) is 0 Å². The number of urea groups is 1. The number of hydrogen-bond acceptors (Lipinski definition) is 8. The number of methoxy groups -OCH3 is 1. The van der Waals surface area contributed by atoms with E-state index in [1.54, 1.807) is 19.1 Å². The second-order valence-electron chi connectivity index (χ2n) is 7.91. The minimum atomic E-state index is -4.23. The fourth-order valence-corrected chi connectivity index (χ4v) is 5.53. The number of carbonyl (C=O) groups excluding carboxylic acids is 3. The molecule has 3 aromatic rings. The number of anilines is 1. The molecule has 0 radical (unpaired) electrons. The van der Waals surface area contributed by atoms with Crippen LogP contribution in [0.3, 0.4) is 0 Å². The molecule has 4 rings (SSSR count). The quantitative estimate of drug-likeness (QED) is 0.156. The summed E-state index contributed by atoms with van der Waals surface area (Å²) < 4.78 is 42.2. The highest BCUT2D eigenvalue weighted by atomic mass is 127. The van der Waals surface area contributed by atoms with Gasteiger partial charge < -0.3 is 13.7 Å². The van der Waals surface area contributed by atoms with Gasteiger partial charge in [-0.1, -0.05) is 11.6 Å². The molecule has 1 heterocycles. The van der Waals surface area contributed by atoms with Crippen molar-refractivity contribution in [2.24, 2.45) is 0 Å². The SMILES string of the molecule is CCOc1cc(/C=C2\C(=O)NC(=O)N(c3ccc(OC)cc3)C2=O)cc(I)c1OS(=O)(=O)c1ccc(Cl)cc1. The third kappa shape index (κ3) is 6.18. The highest BCUT2D eigenvalue weighted by Crippen LogP contribution is 2.37. The van der Waals surface area contributed by atoms with Gasteiger partial charge in [0.05, 0.1) is 23.0 Å². The molecule has 0 atom stereocenters. The molecule has 1 saturated heterocycles. The standard InChI is InChI=1S/C26H20ClIN2O8S/c1-3-37-22-14-15(13-21(28)23(22)38-39(34,35)19-10-4-16(27)5-11-19)12-20-24(31)29-26(33)30(25(20)32)17-6-8-18(36-2)9-7-17/h4-14H,3H2,1-2H3,(H,29,31,33)/b20-12+. The Kier molecular flexibility index (Phi) is 8.47. The van der Waals surface area contributed by atoms with Gasteiger partial charge in [-0.2, -0.15) is 8.42 Å². The minimum absolute atomic E-state index is 0.0657. The number of rotatable bonds is 8. The van der Waals surface area contributed by atoms with E-state index in [0.29, 0.717) is 19.9 Å². The van der Waals surface area contributed by atoms with Gasteiger partial charge in [0.25, 0.3) is 11.8 Å². The van der Waals surface area contributed by atoms with Crippen LogP contribution in [-0.2, 0) is 19.7 Å². The minimum Gasteiger partial charge on any atom is -0.497 e. The predicted octanol–water partition coefficient (Wildman–Crippen LogP) is 4.79. The highest BCUT2D eigenvalue weighted by molar-refractivity contribution is 14.1. The predicted molar refractivity (Wildman–Crippen MR) is 152 cm³/mol. The Hall–Kier alpha value is -3.62. The van der Waals surface area contributed by atoms with Gasteiger partial charge in [-0.3, -0.25) is 14.9 Å². The van der Waals surface area contributed by atoms with Crippen LogP contribution in [0.4, 0.5) is 10.5 Å². The second-order valence-corrected chi connectivity index (χ2v) is 11.1. The molecule has 1 fully saturated rings. The van der Waals surface area contributed by atoms with Gasteiger partial charge >= 0.3 is 16.1 Å². The molecule has 0 spiro atoms. The van der Waals surface area contributed by atoms with Gasteiger partial charge in [0.1, 0.15) is 16.2 Å². The number of amides is 4. The Labute approximate surface area is 242 Å². The van der Waals surface area contributed by atoms with E-state index in [1.165, 1.54) is 61.7 Å². The number of benzene rings is 3. The van der Waals surface area contributed by atoms with Gasteiger partial charge in [-0.25, -0.2) is 9.69 Å². The summed E-state index contributed by atoms with van der Waals surface area (Å²) in [6.45, 7) is 1.87. The number of halogens is 2. The Bertz CT molecular complexity index is 1590. The number of imide groups is 2. The number of ether oxygens (including phenoxy) is 2. The van der Waals surface area contributed by atoms with Gasteiger partial charge in [-0.05, 0) is 102 Å². The van der Waals surface area contributed by atoms with Crippen LogP contribution in [0.5, 0.6) is 17.2 Å². The zero-order chi connectivity index (χ0) is 28.3. The largest absolute Gasteiger partial charge is 0.497 e. The molecule has 0 bridgehead atoms. The van der Waals surface area contributed by atoms with E-state index >= 15 is 0 Å². The van der Waals surface area contributed by atoms with Gasteiger partial charge in [0.15, 0.2) is 11.5 Å². The van der Waals surface area contributed by atoms with Gasteiger partial charge in [0.2, 0.25) is 0 Å². The van der Waals surface area contributed by atoms with Crippen molar-refractivity contribution in [3.8, 4) is 17.2 Å². The van der Waals surface area contributed by atoms with Crippen LogP contribution < -0.4 is 23.9 Å². The van der Waals surface area contributed by atoms with E-state index in [1.807, 2.05) is 22.6 Å². The summed E-state index contributed by atoms with van der Waals surface area (Å²) in [6, 6.07) is 13.7. The van der Waals surface area contributed by atoms with Gasteiger partial charge in [0, 0.05) is 5.02 Å². The molecule has 3 aromatic carbocycles. The molecule has 0 unspecified atom stereocenters. The molecular weight excluding hydrogens is 663 g/mol. The van der Waals surface area contributed by atoms with Gasteiger partial charge in [-0.15, -0.1) is 0 Å². The Morgan fingerprint density at radius 1 is 1.03 bits per heavy atom. The van der Waals surface area contributed by atoms with Crippen LogP contribution in [0.2, 0.25) is 5.02 Å². The van der Waals surface area contributed by atoms with Crippen molar-refractivity contribution < 1.29 is 36.5 Å². The fourth-order valence-electron chi connectivity index (χ4n) is 3.56. The molecular formula is C26H20ClIN2O8S. The van der Waals surface area contributed by atoms with Crippen LogP contribution in [0, 0.1) is 3.57 Å². The summed E-state index contributed by atoms with van der Waals surface area (Å²) >= 11 is 7.72. The first-order valence-electron chi connectivity index (χ1n) is 11.3. The lowest BCUT2D eigenvalue weighted by Gasteiger charge is -2.26. The Morgan fingerprint density at radius 3 is 2.31 bits per heavy atom. The summed E-state index contributed by atoms with van der Waals surface area (Å²) in [4.78, 5) is 39.1. The van der Waals surface area contributed by atoms with Crippen LogP contribution in [0.1, 0.15) is 12.5 Å². The topological polar surface area (TPSA) is 128 Å². The van der Waals surface area contributed by atoms with Crippen LogP contribution in [0.15, 0.2) is 71.1 Å². The zero-order valence-corrected chi connectivity index (χ0v) is 24.2. The van der Waals surface area contributed by atoms with Crippen LogP contribution in [0.25, 0.3) is 6.08 Å². The lowest BCUT2D eigenvalue weighted by Crippen LogP contribution is -2.54.